The maximum atomic E-state index is 11.9. The van der Waals surface area contributed by atoms with Gasteiger partial charge in [-0.25, -0.2) is 4.63 Å². The van der Waals surface area contributed by atoms with E-state index in [1.54, 1.807) is 13.1 Å². The van der Waals surface area contributed by atoms with Gasteiger partial charge in [0.2, 0.25) is 11.5 Å². The Labute approximate surface area is 106 Å². The second kappa shape index (κ2) is 4.72. The number of rotatable bonds is 3. The first kappa shape index (κ1) is 11.9. The zero-order valence-corrected chi connectivity index (χ0v) is 10.5. The summed E-state index contributed by atoms with van der Waals surface area (Å²) in [6.45, 7) is 0.433. The predicted molar refractivity (Wildman–Crippen MR) is 63.8 cm³/mol. The molecule has 0 atom stereocenters. The van der Waals surface area contributed by atoms with Crippen molar-refractivity contribution in [3.8, 4) is 0 Å². The molecule has 0 aliphatic heterocycles. The van der Waals surface area contributed by atoms with Crippen molar-refractivity contribution in [2.75, 3.05) is 12.8 Å². The molecule has 2 rings (SSSR count). The van der Waals surface area contributed by atoms with Crippen molar-refractivity contribution in [3.63, 3.8) is 0 Å². The van der Waals surface area contributed by atoms with Gasteiger partial charge < -0.3 is 10.6 Å². The number of aromatic nitrogens is 2. The van der Waals surface area contributed by atoms with Crippen molar-refractivity contribution in [1.82, 2.24) is 15.2 Å². The molecule has 0 radical (unpaired) electrons. The fourth-order valence-corrected chi connectivity index (χ4v) is 2.41. The molecule has 0 aliphatic rings. The van der Waals surface area contributed by atoms with Crippen LogP contribution in [0.5, 0.6) is 0 Å². The third-order valence-electron chi connectivity index (χ3n) is 2.09. The smallest absolute Gasteiger partial charge is 0.280 e. The average molecular weight is 273 g/mol. The number of nitrogens with zero attached hydrogens (tertiary/aromatic N) is 3. The highest BCUT2D eigenvalue weighted by molar-refractivity contribution is 7.16. The fourth-order valence-electron chi connectivity index (χ4n) is 1.27. The number of hydrogen-bond acceptors (Lipinski definition) is 6. The fraction of sp³-hybridized carbons (Fsp3) is 0.222. The molecule has 90 valence electrons. The number of anilines is 1. The van der Waals surface area contributed by atoms with Crippen LogP contribution in [0.3, 0.4) is 0 Å². The van der Waals surface area contributed by atoms with Crippen molar-refractivity contribution >= 4 is 34.7 Å². The van der Waals surface area contributed by atoms with Gasteiger partial charge in [-0.3, -0.25) is 4.79 Å². The van der Waals surface area contributed by atoms with E-state index in [0.29, 0.717) is 10.9 Å². The van der Waals surface area contributed by atoms with Gasteiger partial charge in [-0.05, 0) is 22.4 Å². The van der Waals surface area contributed by atoms with Crippen LogP contribution in [0.15, 0.2) is 16.8 Å². The molecule has 0 saturated carbocycles. The number of halogens is 1. The Kier molecular flexibility index (Phi) is 3.30. The van der Waals surface area contributed by atoms with Gasteiger partial charge in [-0.15, -0.1) is 11.3 Å². The first-order valence-corrected chi connectivity index (χ1v) is 5.85. The lowest BCUT2D eigenvalue weighted by Crippen LogP contribution is -2.26. The molecule has 0 aliphatic carbocycles. The highest BCUT2D eigenvalue weighted by Crippen LogP contribution is 2.22. The Morgan fingerprint density at radius 1 is 1.59 bits per heavy atom. The number of nitrogen functional groups attached to an aromatic ring is 1. The minimum atomic E-state index is -0.340. The van der Waals surface area contributed by atoms with Crippen LogP contribution in [-0.2, 0) is 6.54 Å². The molecular formula is C9H9ClN4O2S. The molecule has 2 aromatic rings. The first-order valence-electron chi connectivity index (χ1n) is 4.65. The normalized spacial score (nSPS) is 10.5. The molecule has 2 heterocycles. The van der Waals surface area contributed by atoms with Crippen molar-refractivity contribution in [1.29, 1.82) is 0 Å². The zero-order valence-electron chi connectivity index (χ0n) is 8.88. The second-order valence-corrected chi connectivity index (χ2v) is 5.16. The van der Waals surface area contributed by atoms with E-state index in [2.05, 4.69) is 14.9 Å². The number of amides is 1. The summed E-state index contributed by atoms with van der Waals surface area (Å²) in [6, 6.07) is 3.65. The molecule has 0 aromatic carbocycles. The standard InChI is InChI=1S/C9H9ClN4O2S/c1-14(4-5-2-3-6(10)17-5)9(15)7-8(11)13-16-12-7/h2-3H,4H2,1H3,(H2,11,13). The lowest BCUT2D eigenvalue weighted by molar-refractivity contribution is 0.0776. The molecule has 0 fully saturated rings. The van der Waals surface area contributed by atoms with Crippen LogP contribution in [0.25, 0.3) is 0 Å². The van der Waals surface area contributed by atoms with Crippen LogP contribution in [0.2, 0.25) is 4.34 Å². The van der Waals surface area contributed by atoms with Gasteiger partial charge in [0.15, 0.2) is 0 Å². The molecule has 17 heavy (non-hydrogen) atoms. The first-order chi connectivity index (χ1) is 8.08. The second-order valence-electron chi connectivity index (χ2n) is 3.37. The molecule has 2 N–H and O–H groups in total. The molecule has 0 unspecified atom stereocenters. The number of hydrogen-bond donors (Lipinski definition) is 1. The largest absolute Gasteiger partial charge is 0.379 e. The summed E-state index contributed by atoms with van der Waals surface area (Å²) < 4.78 is 5.06. The minimum absolute atomic E-state index is 0.00828. The van der Waals surface area contributed by atoms with Gasteiger partial charge in [0, 0.05) is 11.9 Å². The quantitative estimate of drug-likeness (QED) is 0.918. The van der Waals surface area contributed by atoms with Gasteiger partial charge >= 0.3 is 0 Å². The van der Waals surface area contributed by atoms with E-state index < -0.39 is 0 Å². The Bertz CT molecular complexity index is 539. The molecule has 0 spiro atoms. The summed E-state index contributed by atoms with van der Waals surface area (Å²) >= 11 is 7.22. The van der Waals surface area contributed by atoms with Crippen LogP contribution in [0.4, 0.5) is 5.82 Å². The summed E-state index contributed by atoms with van der Waals surface area (Å²) in [5.74, 6) is -0.348. The van der Waals surface area contributed by atoms with Gasteiger partial charge in [-0.1, -0.05) is 11.6 Å². The van der Waals surface area contributed by atoms with Gasteiger partial charge in [0.05, 0.1) is 10.9 Å². The predicted octanol–water partition coefficient (Wildman–Crippen LogP) is 1.64. The van der Waals surface area contributed by atoms with E-state index in [4.69, 9.17) is 17.3 Å². The van der Waals surface area contributed by atoms with E-state index in [1.165, 1.54) is 16.2 Å². The SMILES string of the molecule is CN(Cc1ccc(Cl)s1)C(=O)c1nonc1N. The molecule has 1 amide bonds. The van der Waals surface area contributed by atoms with Crippen LogP contribution >= 0.6 is 22.9 Å². The van der Waals surface area contributed by atoms with Gasteiger partial charge in [-0.2, -0.15) is 0 Å². The number of carbonyl (C=O) groups is 1. The van der Waals surface area contributed by atoms with Crippen LogP contribution in [0, 0.1) is 0 Å². The van der Waals surface area contributed by atoms with Crippen molar-refractivity contribution in [3.05, 3.63) is 27.0 Å². The zero-order chi connectivity index (χ0) is 12.4. The lowest BCUT2D eigenvalue weighted by atomic mass is 10.3. The summed E-state index contributed by atoms with van der Waals surface area (Å²) in [6.07, 6.45) is 0. The van der Waals surface area contributed by atoms with Gasteiger partial charge in [0.1, 0.15) is 0 Å². The summed E-state index contributed by atoms with van der Waals surface area (Å²) in [7, 11) is 1.64. The van der Waals surface area contributed by atoms with Crippen LogP contribution < -0.4 is 5.73 Å². The number of nitrogens with two attached hydrogens (primary N) is 1. The Morgan fingerprint density at radius 3 is 2.88 bits per heavy atom. The van der Waals surface area contributed by atoms with Crippen LogP contribution in [-0.4, -0.2) is 28.2 Å². The molecule has 0 saturated heterocycles. The van der Waals surface area contributed by atoms with E-state index in [9.17, 15) is 4.79 Å². The van der Waals surface area contributed by atoms with E-state index in [-0.39, 0.29) is 17.4 Å². The topological polar surface area (TPSA) is 85.2 Å². The maximum Gasteiger partial charge on any atom is 0.280 e. The maximum absolute atomic E-state index is 11.9. The molecule has 0 bridgehead atoms. The third kappa shape index (κ3) is 2.56. The van der Waals surface area contributed by atoms with Crippen molar-refractivity contribution in [2.45, 2.75) is 6.54 Å². The number of carbonyl (C=O) groups excluding carboxylic acids is 1. The lowest BCUT2D eigenvalue weighted by Gasteiger charge is -2.14. The highest BCUT2D eigenvalue weighted by Gasteiger charge is 2.20. The molecule has 8 heteroatoms. The monoisotopic (exact) mass is 272 g/mol. The average Bonchev–Trinajstić information content (AvgIpc) is 2.86. The highest BCUT2D eigenvalue weighted by atomic mass is 35.5. The Hall–Kier alpha value is -1.60. The molecular weight excluding hydrogens is 264 g/mol. The number of thiophene rings is 1. The van der Waals surface area contributed by atoms with Crippen LogP contribution in [0.1, 0.15) is 15.4 Å². The van der Waals surface area contributed by atoms with Crippen molar-refractivity contribution < 1.29 is 9.42 Å². The van der Waals surface area contributed by atoms with E-state index in [1.807, 2.05) is 6.07 Å². The Balaban J connectivity index is 2.08. The third-order valence-corrected chi connectivity index (χ3v) is 3.30. The van der Waals surface area contributed by atoms with Gasteiger partial charge in [0.25, 0.3) is 5.91 Å². The minimum Gasteiger partial charge on any atom is -0.379 e. The molecule has 2 aromatic heterocycles. The Morgan fingerprint density at radius 2 is 2.35 bits per heavy atom. The summed E-state index contributed by atoms with van der Waals surface area (Å²) in [4.78, 5) is 14.3. The van der Waals surface area contributed by atoms with Crippen molar-refractivity contribution in [2.24, 2.45) is 0 Å². The van der Waals surface area contributed by atoms with E-state index in [0.717, 1.165) is 4.88 Å². The molecule has 6 nitrogen and oxygen atoms in total. The van der Waals surface area contributed by atoms with E-state index >= 15 is 0 Å². The summed E-state index contributed by atoms with van der Waals surface area (Å²) in [5, 5.41) is 6.82. The summed E-state index contributed by atoms with van der Waals surface area (Å²) in [5.41, 5.74) is 5.47.